The second kappa shape index (κ2) is 11.4. The van der Waals surface area contributed by atoms with Crippen molar-refractivity contribution in [2.75, 3.05) is 14.2 Å². The summed E-state index contributed by atoms with van der Waals surface area (Å²) in [6.07, 6.45) is -0.795. The van der Waals surface area contributed by atoms with Crippen LogP contribution in [0.1, 0.15) is 34.9 Å². The lowest BCUT2D eigenvalue weighted by atomic mass is 9.64. The molecule has 1 aliphatic rings. The Morgan fingerprint density at radius 2 is 1.45 bits per heavy atom. The number of nitrogens with one attached hydrogen (secondary N) is 1. The van der Waals surface area contributed by atoms with Crippen molar-refractivity contribution in [2.24, 2.45) is 0 Å². The number of aryl methyl sites for hydroxylation is 1. The first-order chi connectivity index (χ1) is 19.3. The van der Waals surface area contributed by atoms with Gasteiger partial charge in [-0.05, 0) is 47.9 Å². The van der Waals surface area contributed by atoms with Crippen molar-refractivity contribution in [1.29, 1.82) is 0 Å². The van der Waals surface area contributed by atoms with Gasteiger partial charge in [-0.2, -0.15) is 12.6 Å². The average molecular weight is 561 g/mol. The Balaban J connectivity index is 1.68. The van der Waals surface area contributed by atoms with Gasteiger partial charge in [-0.25, -0.2) is 4.79 Å². The summed E-state index contributed by atoms with van der Waals surface area (Å²) >= 11 is 4.84. The van der Waals surface area contributed by atoms with Gasteiger partial charge in [0.2, 0.25) is 0 Å². The highest BCUT2D eigenvalue weighted by atomic mass is 32.1. The summed E-state index contributed by atoms with van der Waals surface area (Å²) in [6.45, 7) is 1.63. The number of H-pyrrole nitrogens is 1. The van der Waals surface area contributed by atoms with E-state index in [4.69, 9.17) is 26.8 Å². The van der Waals surface area contributed by atoms with E-state index >= 15 is 0 Å². The van der Waals surface area contributed by atoms with Gasteiger partial charge < -0.3 is 19.3 Å². The van der Waals surface area contributed by atoms with Gasteiger partial charge in [-0.15, -0.1) is 0 Å². The number of benzene rings is 3. The summed E-state index contributed by atoms with van der Waals surface area (Å²) in [5.74, 6) is 1.37. The van der Waals surface area contributed by atoms with Crippen LogP contribution in [0.25, 0.3) is 0 Å². The first-order valence-corrected chi connectivity index (χ1v) is 13.5. The van der Waals surface area contributed by atoms with E-state index in [9.17, 15) is 14.7 Å². The van der Waals surface area contributed by atoms with Gasteiger partial charge in [0.1, 0.15) is 17.7 Å². The number of hydrogen-bond donors (Lipinski definition) is 3. The van der Waals surface area contributed by atoms with Gasteiger partial charge in [0.15, 0.2) is 0 Å². The van der Waals surface area contributed by atoms with Gasteiger partial charge in [0.25, 0.3) is 5.56 Å². The summed E-state index contributed by atoms with van der Waals surface area (Å²) < 4.78 is 18.6. The minimum Gasteiger partial charge on any atom is -0.497 e. The molecule has 0 spiro atoms. The van der Waals surface area contributed by atoms with Gasteiger partial charge in [0.05, 0.1) is 31.8 Å². The highest BCUT2D eigenvalue weighted by Gasteiger charge is 2.51. The molecule has 4 aromatic rings. The van der Waals surface area contributed by atoms with E-state index in [-0.39, 0.29) is 0 Å². The Morgan fingerprint density at radius 1 is 0.925 bits per heavy atom. The molecule has 1 aromatic heterocycles. The van der Waals surface area contributed by atoms with Crippen LogP contribution in [0.15, 0.2) is 94.6 Å². The Kier molecular flexibility index (Phi) is 7.89. The quantitative estimate of drug-likeness (QED) is 0.224. The lowest BCUT2D eigenvalue weighted by Crippen LogP contribution is -2.50. The fraction of sp³-hybridized carbons (Fsp3) is 0.290. The predicted octanol–water partition coefficient (Wildman–Crippen LogP) is 3.84. The maximum Gasteiger partial charge on any atom is 0.330 e. The molecule has 1 unspecified atom stereocenters. The van der Waals surface area contributed by atoms with E-state index in [0.29, 0.717) is 23.5 Å². The van der Waals surface area contributed by atoms with Crippen molar-refractivity contribution in [3.8, 4) is 11.5 Å². The third-order valence-electron chi connectivity index (χ3n) is 7.67. The summed E-state index contributed by atoms with van der Waals surface area (Å²) in [5, 5.41) is 12.1. The average Bonchev–Trinajstić information content (AvgIpc) is 3.37. The molecule has 208 valence electrons. The molecule has 0 saturated carbocycles. The highest BCUT2D eigenvalue weighted by molar-refractivity contribution is 7.81. The zero-order valence-electron chi connectivity index (χ0n) is 22.5. The molecule has 8 nitrogen and oxygen atoms in total. The van der Waals surface area contributed by atoms with Crippen LogP contribution in [0.2, 0.25) is 0 Å². The zero-order chi connectivity index (χ0) is 28.4. The molecule has 0 bridgehead atoms. The Bertz CT molecular complexity index is 1520. The first-order valence-electron chi connectivity index (χ1n) is 13.0. The standard InChI is InChI=1S/C31H32N2O6S/c1-19-18-33(30(36)32-29(19)35)26-17-25(40)27(39-26)28(34)31(20-7-5-4-6-8-20,21-9-13-23(37-2)14-10-21)22-11-15-24(38-3)16-12-22/h4-16,18,25-28,34,40H,17H2,1-3H3,(H,32,35,36)/t25-,26+,27-,28?/m0/s1. The lowest BCUT2D eigenvalue weighted by molar-refractivity contribution is -0.0745. The molecule has 1 aliphatic heterocycles. The van der Waals surface area contributed by atoms with Gasteiger partial charge >= 0.3 is 5.69 Å². The first kappa shape index (κ1) is 27.8. The summed E-state index contributed by atoms with van der Waals surface area (Å²) in [7, 11) is 3.21. The number of methoxy groups -OCH3 is 2. The largest absolute Gasteiger partial charge is 0.497 e. The minimum atomic E-state index is -1.14. The molecule has 2 N–H and O–H groups in total. The van der Waals surface area contributed by atoms with Crippen molar-refractivity contribution in [3.05, 3.63) is 128 Å². The smallest absolute Gasteiger partial charge is 0.330 e. The molecule has 1 saturated heterocycles. The number of aliphatic hydroxyl groups excluding tert-OH is 1. The number of nitrogens with zero attached hydrogens (tertiary/aromatic N) is 1. The molecule has 5 rings (SSSR count). The summed E-state index contributed by atoms with van der Waals surface area (Å²) in [6, 6.07) is 25.0. The summed E-state index contributed by atoms with van der Waals surface area (Å²) in [4.78, 5) is 26.9. The molecule has 3 aromatic carbocycles. The predicted molar refractivity (Wildman–Crippen MR) is 156 cm³/mol. The number of aromatic nitrogens is 2. The lowest BCUT2D eigenvalue weighted by Gasteiger charge is -2.43. The molecule has 0 amide bonds. The number of aromatic amines is 1. The molecule has 2 heterocycles. The van der Waals surface area contributed by atoms with Crippen LogP contribution >= 0.6 is 12.6 Å². The maximum atomic E-state index is 12.7. The second-order valence-corrected chi connectivity index (χ2v) is 10.6. The van der Waals surface area contributed by atoms with Crippen LogP contribution in [0, 0.1) is 6.92 Å². The molecule has 1 fully saturated rings. The van der Waals surface area contributed by atoms with Crippen molar-refractivity contribution in [2.45, 2.75) is 42.4 Å². The van der Waals surface area contributed by atoms with Crippen molar-refractivity contribution >= 4 is 12.6 Å². The SMILES string of the molecule is COc1ccc(C(c2ccccc2)(c2ccc(OC)cc2)C(O)[C@H]2O[C@@H](n3cc(C)c(=O)[nH]c3=O)C[C@@H]2S)cc1. The zero-order valence-corrected chi connectivity index (χ0v) is 23.4. The Morgan fingerprint density at radius 3 is 1.98 bits per heavy atom. The van der Waals surface area contributed by atoms with Crippen molar-refractivity contribution < 1.29 is 19.3 Å². The van der Waals surface area contributed by atoms with Gasteiger partial charge in [0, 0.05) is 23.4 Å². The van der Waals surface area contributed by atoms with E-state index < -0.39 is 40.3 Å². The van der Waals surface area contributed by atoms with Crippen LogP contribution in [-0.2, 0) is 10.2 Å². The summed E-state index contributed by atoms with van der Waals surface area (Å²) in [5.41, 5.74) is 0.770. The third-order valence-corrected chi connectivity index (χ3v) is 8.17. The van der Waals surface area contributed by atoms with Crippen LogP contribution in [0.4, 0.5) is 0 Å². The van der Waals surface area contributed by atoms with E-state index in [1.54, 1.807) is 21.1 Å². The Labute approximate surface area is 237 Å². The molecular formula is C31H32N2O6S. The highest BCUT2D eigenvalue weighted by Crippen LogP contribution is 2.47. The van der Waals surface area contributed by atoms with E-state index in [0.717, 1.165) is 16.7 Å². The minimum absolute atomic E-state index is 0.353. The normalized spacial score (nSPS) is 19.8. The van der Waals surface area contributed by atoms with Crippen LogP contribution < -0.4 is 20.7 Å². The Hall–Kier alpha value is -3.79. The molecule has 0 radical (unpaired) electrons. The molecule has 4 atom stereocenters. The monoisotopic (exact) mass is 560 g/mol. The van der Waals surface area contributed by atoms with Gasteiger partial charge in [-0.3, -0.25) is 14.3 Å². The van der Waals surface area contributed by atoms with Crippen LogP contribution in [0.5, 0.6) is 11.5 Å². The van der Waals surface area contributed by atoms with Crippen molar-refractivity contribution in [1.82, 2.24) is 9.55 Å². The number of ether oxygens (including phenoxy) is 3. The molecular weight excluding hydrogens is 528 g/mol. The van der Waals surface area contributed by atoms with Crippen LogP contribution in [-0.4, -0.2) is 46.3 Å². The van der Waals surface area contributed by atoms with E-state index in [1.807, 2.05) is 78.9 Å². The maximum absolute atomic E-state index is 12.7. The molecule has 9 heteroatoms. The van der Waals surface area contributed by atoms with Gasteiger partial charge in [-0.1, -0.05) is 54.6 Å². The number of thiol groups is 1. The topological polar surface area (TPSA) is 103 Å². The number of hydrogen-bond acceptors (Lipinski definition) is 7. The fourth-order valence-corrected chi connectivity index (χ4v) is 6.01. The van der Waals surface area contributed by atoms with E-state index in [1.165, 1.54) is 10.8 Å². The number of rotatable bonds is 8. The van der Waals surface area contributed by atoms with Crippen LogP contribution in [0.3, 0.4) is 0 Å². The molecule has 40 heavy (non-hydrogen) atoms. The molecule has 0 aliphatic carbocycles. The van der Waals surface area contributed by atoms with E-state index in [2.05, 4.69) is 4.98 Å². The fourth-order valence-electron chi connectivity index (χ4n) is 5.60. The number of aliphatic hydroxyl groups is 1. The van der Waals surface area contributed by atoms with Crippen molar-refractivity contribution in [3.63, 3.8) is 0 Å². The second-order valence-electron chi connectivity index (χ2n) is 9.91. The third kappa shape index (κ3) is 4.85.